The number of amides is 2. The molecule has 1 N–H and O–H groups in total. The molecule has 0 saturated carbocycles. The minimum atomic E-state index is -1.24. The van der Waals surface area contributed by atoms with Gasteiger partial charge in [-0.2, -0.15) is 0 Å². The number of methoxy groups -OCH3 is 1. The largest absolute Gasteiger partial charge is 0.493 e. The van der Waals surface area contributed by atoms with Crippen molar-refractivity contribution in [1.29, 1.82) is 0 Å². The van der Waals surface area contributed by atoms with Gasteiger partial charge in [-0.05, 0) is 42.0 Å². The van der Waals surface area contributed by atoms with Crippen LogP contribution in [0.3, 0.4) is 0 Å². The van der Waals surface area contributed by atoms with Crippen molar-refractivity contribution in [3.63, 3.8) is 0 Å². The summed E-state index contributed by atoms with van der Waals surface area (Å²) < 4.78 is 11.0. The van der Waals surface area contributed by atoms with Crippen molar-refractivity contribution >= 4 is 35.0 Å². The molecule has 1 saturated heterocycles. The molecule has 1 aromatic rings. The van der Waals surface area contributed by atoms with E-state index in [0.717, 1.165) is 31.0 Å². The van der Waals surface area contributed by atoms with E-state index in [1.54, 1.807) is 18.2 Å². The van der Waals surface area contributed by atoms with E-state index in [2.05, 4.69) is 6.92 Å². The van der Waals surface area contributed by atoms with E-state index >= 15 is 0 Å². The summed E-state index contributed by atoms with van der Waals surface area (Å²) in [5.74, 6) is -0.708. The number of aliphatic carboxylic acids is 1. The SMILES string of the molecule is CCCCCOc1ccc(/C=C2/SC(=O)N(CC(=O)O)C2=O)cc1OC. The predicted molar refractivity (Wildman–Crippen MR) is 98.3 cm³/mol. The van der Waals surface area contributed by atoms with Gasteiger partial charge in [0.2, 0.25) is 0 Å². The van der Waals surface area contributed by atoms with Crippen LogP contribution in [0.25, 0.3) is 6.08 Å². The zero-order valence-electron chi connectivity index (χ0n) is 14.7. The van der Waals surface area contributed by atoms with Crippen LogP contribution in [0.5, 0.6) is 11.5 Å². The van der Waals surface area contributed by atoms with Gasteiger partial charge in [-0.15, -0.1) is 0 Å². The molecular formula is C18H21NO6S. The summed E-state index contributed by atoms with van der Waals surface area (Å²) in [6.45, 7) is 2.07. The Kier molecular flexibility index (Phi) is 7.08. The molecule has 1 aromatic carbocycles. The maximum Gasteiger partial charge on any atom is 0.323 e. The van der Waals surface area contributed by atoms with E-state index in [1.165, 1.54) is 13.2 Å². The Bertz CT molecular complexity index is 730. The maximum absolute atomic E-state index is 12.2. The van der Waals surface area contributed by atoms with E-state index in [1.807, 2.05) is 0 Å². The van der Waals surface area contributed by atoms with Crippen molar-refractivity contribution in [1.82, 2.24) is 4.90 Å². The lowest BCUT2D eigenvalue weighted by atomic mass is 10.2. The van der Waals surface area contributed by atoms with Crippen molar-refractivity contribution in [2.75, 3.05) is 20.3 Å². The maximum atomic E-state index is 12.2. The molecule has 0 bridgehead atoms. The van der Waals surface area contributed by atoms with Crippen LogP contribution in [0.15, 0.2) is 23.1 Å². The second kappa shape index (κ2) is 9.28. The van der Waals surface area contributed by atoms with Crippen LogP contribution < -0.4 is 9.47 Å². The lowest BCUT2D eigenvalue weighted by molar-refractivity contribution is -0.140. The number of hydrogen-bond donors (Lipinski definition) is 1. The molecule has 0 spiro atoms. The van der Waals surface area contributed by atoms with Gasteiger partial charge in [0.25, 0.3) is 11.1 Å². The molecule has 1 aliphatic rings. The quantitative estimate of drug-likeness (QED) is 0.519. The first-order valence-corrected chi connectivity index (χ1v) is 9.06. The van der Waals surface area contributed by atoms with Gasteiger partial charge in [0.1, 0.15) is 6.54 Å². The molecule has 2 rings (SSSR count). The molecule has 1 fully saturated rings. The third kappa shape index (κ3) is 5.01. The van der Waals surface area contributed by atoms with E-state index in [-0.39, 0.29) is 4.91 Å². The number of unbranched alkanes of at least 4 members (excludes halogenated alkanes) is 2. The normalized spacial score (nSPS) is 15.6. The molecule has 0 unspecified atom stereocenters. The van der Waals surface area contributed by atoms with Gasteiger partial charge in [0.05, 0.1) is 18.6 Å². The summed E-state index contributed by atoms with van der Waals surface area (Å²) in [6, 6.07) is 5.21. The molecule has 8 heteroatoms. The molecule has 26 heavy (non-hydrogen) atoms. The molecule has 2 amide bonds. The molecule has 0 atom stereocenters. The van der Waals surface area contributed by atoms with Gasteiger partial charge >= 0.3 is 5.97 Å². The van der Waals surface area contributed by atoms with Crippen molar-refractivity contribution in [2.45, 2.75) is 26.2 Å². The van der Waals surface area contributed by atoms with Crippen LogP contribution in [0, 0.1) is 0 Å². The monoisotopic (exact) mass is 379 g/mol. The number of carbonyl (C=O) groups is 3. The average Bonchev–Trinajstić information content (AvgIpc) is 2.86. The van der Waals surface area contributed by atoms with E-state index in [4.69, 9.17) is 14.6 Å². The van der Waals surface area contributed by atoms with Crippen molar-refractivity contribution in [2.24, 2.45) is 0 Å². The van der Waals surface area contributed by atoms with Crippen LogP contribution in [-0.2, 0) is 9.59 Å². The zero-order valence-corrected chi connectivity index (χ0v) is 15.5. The minimum absolute atomic E-state index is 0.176. The smallest absolute Gasteiger partial charge is 0.323 e. The predicted octanol–water partition coefficient (Wildman–Crippen LogP) is 3.39. The summed E-state index contributed by atoms with van der Waals surface area (Å²) in [7, 11) is 1.53. The molecular weight excluding hydrogens is 358 g/mol. The number of imide groups is 1. The number of thioether (sulfide) groups is 1. The fourth-order valence-corrected chi connectivity index (χ4v) is 3.19. The van der Waals surface area contributed by atoms with Gasteiger partial charge in [-0.3, -0.25) is 19.3 Å². The Morgan fingerprint density at radius 1 is 1.27 bits per heavy atom. The van der Waals surface area contributed by atoms with Gasteiger partial charge in [0.15, 0.2) is 11.5 Å². The number of ether oxygens (including phenoxy) is 2. The van der Waals surface area contributed by atoms with E-state index in [0.29, 0.717) is 28.6 Å². The summed E-state index contributed by atoms with van der Waals surface area (Å²) >= 11 is 0.719. The lowest BCUT2D eigenvalue weighted by Crippen LogP contribution is -2.33. The second-order valence-corrected chi connectivity index (χ2v) is 6.62. The highest BCUT2D eigenvalue weighted by molar-refractivity contribution is 8.18. The fourth-order valence-electron chi connectivity index (χ4n) is 2.35. The summed E-state index contributed by atoms with van der Waals surface area (Å²) in [5, 5.41) is 8.19. The van der Waals surface area contributed by atoms with Crippen LogP contribution in [0.2, 0.25) is 0 Å². The second-order valence-electron chi connectivity index (χ2n) is 5.63. The molecule has 0 aromatic heterocycles. The third-order valence-electron chi connectivity index (χ3n) is 3.66. The number of rotatable bonds is 9. The number of carbonyl (C=O) groups excluding carboxylic acids is 2. The van der Waals surface area contributed by atoms with Crippen molar-refractivity contribution < 1.29 is 29.0 Å². The molecule has 0 radical (unpaired) electrons. The number of nitrogens with zero attached hydrogens (tertiary/aromatic N) is 1. The Hall–Kier alpha value is -2.48. The van der Waals surface area contributed by atoms with Crippen LogP contribution in [-0.4, -0.2) is 47.4 Å². The lowest BCUT2D eigenvalue weighted by Gasteiger charge is -2.11. The topological polar surface area (TPSA) is 93.1 Å². The van der Waals surface area contributed by atoms with Gasteiger partial charge < -0.3 is 14.6 Å². The molecule has 1 aliphatic heterocycles. The Morgan fingerprint density at radius 2 is 2.04 bits per heavy atom. The number of carboxylic acids is 1. The van der Waals surface area contributed by atoms with E-state index < -0.39 is 23.7 Å². The highest BCUT2D eigenvalue weighted by Crippen LogP contribution is 2.34. The first-order valence-electron chi connectivity index (χ1n) is 8.24. The van der Waals surface area contributed by atoms with Crippen molar-refractivity contribution in [3.8, 4) is 11.5 Å². The first-order chi connectivity index (χ1) is 12.5. The number of carboxylic acid groups (broad SMARTS) is 1. The first kappa shape index (κ1) is 19.8. The van der Waals surface area contributed by atoms with Gasteiger partial charge in [-0.25, -0.2) is 0 Å². The Labute approximate surface area is 156 Å². The van der Waals surface area contributed by atoms with Gasteiger partial charge in [-0.1, -0.05) is 25.8 Å². The minimum Gasteiger partial charge on any atom is -0.493 e. The van der Waals surface area contributed by atoms with E-state index in [9.17, 15) is 14.4 Å². The Balaban J connectivity index is 2.14. The molecule has 7 nitrogen and oxygen atoms in total. The van der Waals surface area contributed by atoms with Crippen molar-refractivity contribution in [3.05, 3.63) is 28.7 Å². The van der Waals surface area contributed by atoms with Crippen LogP contribution in [0.1, 0.15) is 31.7 Å². The molecule has 140 valence electrons. The highest BCUT2D eigenvalue weighted by Gasteiger charge is 2.36. The summed E-state index contributed by atoms with van der Waals surface area (Å²) in [5.41, 5.74) is 0.656. The fraction of sp³-hybridized carbons (Fsp3) is 0.389. The third-order valence-corrected chi connectivity index (χ3v) is 4.57. The molecule has 0 aliphatic carbocycles. The van der Waals surface area contributed by atoms with Crippen LogP contribution in [0.4, 0.5) is 4.79 Å². The number of hydrogen-bond acceptors (Lipinski definition) is 6. The molecule has 1 heterocycles. The highest BCUT2D eigenvalue weighted by atomic mass is 32.2. The number of benzene rings is 1. The standard InChI is InChI=1S/C18H21NO6S/c1-3-4-5-8-25-13-7-6-12(9-14(13)24-2)10-15-17(22)19(11-16(20)21)18(23)26-15/h6-7,9-10H,3-5,8,11H2,1-2H3,(H,20,21)/b15-10+. The summed E-state index contributed by atoms with van der Waals surface area (Å²) in [4.78, 5) is 35.6. The average molecular weight is 379 g/mol. The summed E-state index contributed by atoms with van der Waals surface area (Å²) in [6.07, 6.45) is 4.69. The van der Waals surface area contributed by atoms with Gasteiger partial charge in [0, 0.05) is 0 Å². The van der Waals surface area contributed by atoms with Crippen LogP contribution >= 0.6 is 11.8 Å². The Morgan fingerprint density at radius 3 is 2.69 bits per heavy atom. The zero-order chi connectivity index (χ0) is 19.1.